The predicted octanol–water partition coefficient (Wildman–Crippen LogP) is 12.2. The fourth-order valence-corrected chi connectivity index (χ4v) is 9.56. The topological polar surface area (TPSA) is 81.5 Å². The fraction of sp³-hybridized carbons (Fsp3) is 0.111. The largest absolute Gasteiger partial charge is 0.390 e. The van der Waals surface area contributed by atoms with E-state index in [9.17, 15) is 10.2 Å². The van der Waals surface area contributed by atoms with Crippen LogP contribution in [0.2, 0.25) is 0 Å². The van der Waals surface area contributed by atoms with Crippen LogP contribution < -0.4 is 10.0 Å². The van der Waals surface area contributed by atoms with Crippen molar-refractivity contribution in [3.63, 3.8) is 0 Å². The average Bonchev–Trinajstić information content (AvgIpc) is 3.88. The smallest absolute Gasteiger partial charge is 0.0812 e. The number of thioether (sulfide) groups is 2. The van der Waals surface area contributed by atoms with Crippen molar-refractivity contribution in [1.29, 1.82) is 0 Å². The minimum absolute atomic E-state index is 0.447. The van der Waals surface area contributed by atoms with Gasteiger partial charge in [0.2, 0.25) is 0 Å². The van der Waals surface area contributed by atoms with Crippen molar-refractivity contribution >= 4 is 80.5 Å². The van der Waals surface area contributed by atoms with Crippen LogP contribution in [0.5, 0.6) is 0 Å². The standard InChI is InChI=1S/C54H48N6O2S2/c61-47(37-57-35-41(51-28-13-15-30-53(51)57)33-55-59(43-18-5-1-6-19-43)44-20-7-2-8-21-44)39-63-49-26-17-27-50(32-49)64-40-48(62)38-58-36-42(52-29-14-16-31-54(52)58)34-56-60(45-22-9-3-10-23-45)46-24-11-4-12-25-46/h1-36,47-48,61-62H,37-40H2. The summed E-state index contributed by atoms with van der Waals surface area (Å²) in [6.45, 7) is 0.895. The molecule has 2 aromatic heterocycles. The van der Waals surface area contributed by atoms with E-state index in [1.165, 1.54) is 0 Å². The number of aromatic nitrogens is 2. The third kappa shape index (κ3) is 10.3. The number of para-hydroxylation sites is 6. The Morgan fingerprint density at radius 1 is 0.438 bits per heavy atom. The summed E-state index contributed by atoms with van der Waals surface area (Å²) < 4.78 is 4.25. The molecule has 2 unspecified atom stereocenters. The first-order valence-corrected chi connectivity index (χ1v) is 23.3. The van der Waals surface area contributed by atoms with Crippen LogP contribution in [0.3, 0.4) is 0 Å². The molecule has 64 heavy (non-hydrogen) atoms. The van der Waals surface area contributed by atoms with Crippen molar-refractivity contribution in [3.05, 3.63) is 218 Å². The number of aliphatic hydroxyl groups is 2. The number of hydrazone groups is 2. The monoisotopic (exact) mass is 876 g/mol. The van der Waals surface area contributed by atoms with Crippen molar-refractivity contribution in [2.45, 2.75) is 35.1 Å². The Kier molecular flexibility index (Phi) is 13.7. The number of rotatable bonds is 18. The van der Waals surface area contributed by atoms with Gasteiger partial charge in [-0.25, -0.2) is 10.0 Å². The summed E-state index contributed by atoms with van der Waals surface area (Å²) in [5.41, 5.74) is 7.93. The number of hydrogen-bond donors (Lipinski definition) is 2. The number of aliphatic hydroxyl groups excluding tert-OH is 2. The zero-order chi connectivity index (χ0) is 43.5. The lowest BCUT2D eigenvalue weighted by Crippen LogP contribution is -2.18. The van der Waals surface area contributed by atoms with Crippen molar-refractivity contribution in [1.82, 2.24) is 9.13 Å². The molecule has 9 rings (SSSR count). The number of benzene rings is 7. The molecule has 8 nitrogen and oxygen atoms in total. The number of anilines is 4. The first-order chi connectivity index (χ1) is 31.6. The van der Waals surface area contributed by atoms with Crippen LogP contribution in [0.1, 0.15) is 11.1 Å². The van der Waals surface area contributed by atoms with Crippen LogP contribution in [0, 0.1) is 0 Å². The SMILES string of the molecule is OC(CSc1cccc(SCC(O)Cn2cc(C=NN(c3ccccc3)c3ccccc3)c3ccccc32)c1)Cn1cc(C=NN(c2ccccc2)c2ccccc2)c2ccccc21. The normalized spacial score (nSPS) is 12.7. The van der Waals surface area contributed by atoms with Gasteiger partial charge in [0.15, 0.2) is 0 Å². The maximum Gasteiger partial charge on any atom is 0.0812 e. The summed E-state index contributed by atoms with van der Waals surface area (Å²) in [4.78, 5) is 2.15. The van der Waals surface area contributed by atoms with Gasteiger partial charge in [0.1, 0.15) is 0 Å². The quantitative estimate of drug-likeness (QED) is 0.0508. The minimum Gasteiger partial charge on any atom is -0.390 e. The molecule has 0 saturated carbocycles. The highest BCUT2D eigenvalue weighted by molar-refractivity contribution is 8.00. The molecular formula is C54H48N6O2S2. The van der Waals surface area contributed by atoms with Crippen LogP contribution in [0.4, 0.5) is 22.7 Å². The molecule has 0 aliphatic heterocycles. The molecule has 10 heteroatoms. The molecule has 0 fully saturated rings. The zero-order valence-corrected chi connectivity index (χ0v) is 36.8. The van der Waals surface area contributed by atoms with E-state index >= 15 is 0 Å². The Morgan fingerprint density at radius 3 is 1.16 bits per heavy atom. The molecule has 0 spiro atoms. The van der Waals surface area contributed by atoms with E-state index in [1.54, 1.807) is 23.5 Å². The highest BCUT2D eigenvalue weighted by atomic mass is 32.2. The zero-order valence-electron chi connectivity index (χ0n) is 35.2. The molecular weight excluding hydrogens is 829 g/mol. The van der Waals surface area contributed by atoms with Gasteiger partial charge in [-0.2, -0.15) is 10.2 Å². The Hall–Kier alpha value is -6.82. The van der Waals surface area contributed by atoms with Crippen molar-refractivity contribution in [2.75, 3.05) is 21.5 Å². The Bertz CT molecular complexity index is 2680. The maximum atomic E-state index is 11.3. The molecule has 0 radical (unpaired) electrons. The van der Waals surface area contributed by atoms with E-state index < -0.39 is 12.2 Å². The third-order valence-electron chi connectivity index (χ3n) is 10.8. The van der Waals surface area contributed by atoms with Crippen LogP contribution in [-0.4, -0.2) is 55.5 Å². The van der Waals surface area contributed by atoms with Crippen LogP contribution in [0.25, 0.3) is 21.8 Å². The summed E-state index contributed by atoms with van der Waals surface area (Å²) in [5.74, 6) is 1.06. The summed E-state index contributed by atoms with van der Waals surface area (Å²) in [7, 11) is 0. The second kappa shape index (κ2) is 20.6. The summed E-state index contributed by atoms with van der Waals surface area (Å²) >= 11 is 3.27. The molecule has 2 N–H and O–H groups in total. The summed E-state index contributed by atoms with van der Waals surface area (Å²) in [5, 5.41) is 38.6. The molecule has 9 aromatic rings. The highest BCUT2D eigenvalue weighted by Crippen LogP contribution is 2.30. The molecule has 2 atom stereocenters. The lowest BCUT2D eigenvalue weighted by molar-refractivity contribution is 0.179. The third-order valence-corrected chi connectivity index (χ3v) is 13.0. The van der Waals surface area contributed by atoms with Crippen molar-refractivity contribution in [2.24, 2.45) is 10.2 Å². The Morgan fingerprint density at radius 2 is 0.781 bits per heavy atom. The number of nitrogens with zero attached hydrogens (tertiary/aromatic N) is 6. The van der Waals surface area contributed by atoms with Gasteiger partial charge in [-0.15, -0.1) is 23.5 Å². The fourth-order valence-electron chi connectivity index (χ4n) is 7.74. The molecule has 7 aromatic carbocycles. The van der Waals surface area contributed by atoms with E-state index in [2.05, 4.69) is 64.0 Å². The lowest BCUT2D eigenvalue weighted by Gasteiger charge is -2.19. The maximum absolute atomic E-state index is 11.3. The van der Waals surface area contributed by atoms with Gasteiger partial charge >= 0.3 is 0 Å². The van der Waals surface area contributed by atoms with Gasteiger partial charge in [0.25, 0.3) is 0 Å². The van der Waals surface area contributed by atoms with E-state index in [1.807, 2.05) is 174 Å². The van der Waals surface area contributed by atoms with Gasteiger partial charge < -0.3 is 19.3 Å². The molecule has 318 valence electrons. The highest BCUT2D eigenvalue weighted by Gasteiger charge is 2.16. The van der Waals surface area contributed by atoms with Crippen LogP contribution in [0.15, 0.2) is 227 Å². The number of fused-ring (bicyclic) bond motifs is 2. The van der Waals surface area contributed by atoms with E-state index in [-0.39, 0.29) is 0 Å². The summed E-state index contributed by atoms with van der Waals surface area (Å²) in [6.07, 6.45) is 6.80. The van der Waals surface area contributed by atoms with Gasteiger partial charge in [0, 0.05) is 79.7 Å². The van der Waals surface area contributed by atoms with E-state index in [0.717, 1.165) is 65.5 Å². The second-order valence-corrected chi connectivity index (χ2v) is 17.6. The molecule has 0 aliphatic rings. The lowest BCUT2D eigenvalue weighted by atomic mass is 10.2. The van der Waals surface area contributed by atoms with Crippen LogP contribution >= 0.6 is 23.5 Å². The Balaban J connectivity index is 0.823. The van der Waals surface area contributed by atoms with Crippen LogP contribution in [-0.2, 0) is 13.1 Å². The second-order valence-electron chi connectivity index (χ2n) is 15.4. The van der Waals surface area contributed by atoms with E-state index in [0.29, 0.717) is 24.6 Å². The summed E-state index contributed by atoms with van der Waals surface area (Å²) in [6, 6.07) is 65.4. The van der Waals surface area contributed by atoms with Gasteiger partial charge in [-0.3, -0.25) is 0 Å². The molecule has 0 amide bonds. The average molecular weight is 877 g/mol. The van der Waals surface area contributed by atoms with Gasteiger partial charge in [-0.1, -0.05) is 115 Å². The molecule has 0 bridgehead atoms. The van der Waals surface area contributed by atoms with Gasteiger partial charge in [-0.05, 0) is 78.9 Å². The number of hydrogen-bond acceptors (Lipinski definition) is 8. The molecule has 2 heterocycles. The van der Waals surface area contributed by atoms with E-state index in [4.69, 9.17) is 10.2 Å². The predicted molar refractivity (Wildman–Crippen MR) is 269 cm³/mol. The molecule has 0 saturated heterocycles. The van der Waals surface area contributed by atoms with Crippen molar-refractivity contribution in [3.8, 4) is 0 Å². The van der Waals surface area contributed by atoms with Crippen molar-refractivity contribution < 1.29 is 10.2 Å². The minimum atomic E-state index is -0.583. The first kappa shape index (κ1) is 42.5. The molecule has 0 aliphatic carbocycles. The first-order valence-electron chi connectivity index (χ1n) is 21.3. The van der Waals surface area contributed by atoms with Gasteiger partial charge in [0.05, 0.1) is 47.4 Å². The Labute approximate surface area is 382 Å².